The van der Waals surface area contributed by atoms with E-state index in [1.165, 1.54) is 0 Å². The minimum absolute atomic E-state index is 0.171. The van der Waals surface area contributed by atoms with Crippen molar-refractivity contribution in [1.29, 1.82) is 0 Å². The minimum Gasteiger partial charge on any atom is -0.368 e. The van der Waals surface area contributed by atoms with E-state index in [2.05, 4.69) is 12.2 Å². The summed E-state index contributed by atoms with van der Waals surface area (Å²) in [5.41, 5.74) is 6.18. The van der Waals surface area contributed by atoms with Crippen LogP contribution in [0.4, 0.5) is 4.79 Å². The van der Waals surface area contributed by atoms with Crippen LogP contribution in [0.2, 0.25) is 0 Å². The van der Waals surface area contributed by atoms with Gasteiger partial charge in [-0.1, -0.05) is 45.7 Å². The van der Waals surface area contributed by atoms with Crippen LogP contribution in [0.15, 0.2) is 29.1 Å². The van der Waals surface area contributed by atoms with Gasteiger partial charge < -0.3 is 11.1 Å². The lowest BCUT2D eigenvalue weighted by Gasteiger charge is -2.18. The minimum atomic E-state index is -0.832. The summed E-state index contributed by atoms with van der Waals surface area (Å²) in [6.07, 6.45) is 2.92. The standard InChI is InChI=1S/C18H26N4O3/c1-4-5-8-11-21-13-9-6-7-10-14(13)22(18(21)25)17(24)20-15(12(2)3)16(19)23/h6-7,9-10,12,15H,4-5,8,11H2,1-3H3,(H2,19,23)(H,20,24)/t15-/m0/s1. The van der Waals surface area contributed by atoms with Gasteiger partial charge in [0.05, 0.1) is 11.0 Å². The maximum absolute atomic E-state index is 12.8. The molecule has 0 saturated heterocycles. The molecule has 7 heteroatoms. The van der Waals surface area contributed by atoms with Gasteiger partial charge >= 0.3 is 11.7 Å². The molecule has 0 unspecified atom stereocenters. The number of para-hydroxylation sites is 2. The second-order valence-electron chi connectivity index (χ2n) is 6.54. The molecule has 1 heterocycles. The molecule has 0 aliphatic rings. The molecule has 1 aromatic carbocycles. The summed E-state index contributed by atoms with van der Waals surface area (Å²) in [6, 6.07) is 5.69. The zero-order valence-electron chi connectivity index (χ0n) is 15.0. The summed E-state index contributed by atoms with van der Waals surface area (Å²) in [5, 5.41) is 2.58. The summed E-state index contributed by atoms with van der Waals surface area (Å²) >= 11 is 0. The maximum Gasteiger partial charge on any atom is 0.337 e. The molecule has 0 aliphatic carbocycles. The molecule has 136 valence electrons. The zero-order valence-corrected chi connectivity index (χ0v) is 15.0. The summed E-state index contributed by atoms with van der Waals surface area (Å²) in [4.78, 5) is 37.0. The van der Waals surface area contributed by atoms with Crippen molar-refractivity contribution < 1.29 is 9.59 Å². The highest BCUT2D eigenvalue weighted by Crippen LogP contribution is 2.14. The third-order valence-electron chi connectivity index (χ3n) is 4.28. The number of amides is 2. The van der Waals surface area contributed by atoms with Gasteiger partial charge in [-0.05, 0) is 24.5 Å². The molecule has 7 nitrogen and oxygen atoms in total. The van der Waals surface area contributed by atoms with Crippen molar-refractivity contribution in [3.05, 3.63) is 34.7 Å². The van der Waals surface area contributed by atoms with Gasteiger partial charge in [-0.2, -0.15) is 0 Å². The van der Waals surface area contributed by atoms with Gasteiger partial charge in [0.1, 0.15) is 6.04 Å². The van der Waals surface area contributed by atoms with Gasteiger partial charge in [-0.15, -0.1) is 0 Å². The number of rotatable bonds is 7. The van der Waals surface area contributed by atoms with Crippen molar-refractivity contribution in [2.24, 2.45) is 11.7 Å². The quantitative estimate of drug-likeness (QED) is 0.751. The third-order valence-corrected chi connectivity index (χ3v) is 4.28. The van der Waals surface area contributed by atoms with E-state index >= 15 is 0 Å². The highest BCUT2D eigenvalue weighted by atomic mass is 16.2. The van der Waals surface area contributed by atoms with Crippen molar-refractivity contribution >= 4 is 23.0 Å². The van der Waals surface area contributed by atoms with E-state index in [0.29, 0.717) is 17.6 Å². The average Bonchev–Trinajstić information content (AvgIpc) is 2.84. The van der Waals surface area contributed by atoms with Crippen LogP contribution in [-0.2, 0) is 11.3 Å². The SMILES string of the molecule is CCCCCn1c(=O)n(C(=O)N[C@H](C(N)=O)C(C)C)c2ccccc21. The number of nitrogens with two attached hydrogens (primary N) is 1. The summed E-state index contributed by atoms with van der Waals surface area (Å²) in [7, 11) is 0. The molecule has 0 radical (unpaired) electrons. The average molecular weight is 346 g/mol. The number of hydrogen-bond donors (Lipinski definition) is 2. The molecule has 3 N–H and O–H groups in total. The number of aromatic nitrogens is 2. The number of aryl methyl sites for hydroxylation is 1. The lowest BCUT2D eigenvalue weighted by Crippen LogP contribution is -2.50. The number of carbonyl (C=O) groups excluding carboxylic acids is 2. The molecule has 0 saturated carbocycles. The normalized spacial score (nSPS) is 12.5. The molecule has 0 bridgehead atoms. The van der Waals surface area contributed by atoms with Gasteiger partial charge in [0.25, 0.3) is 0 Å². The number of primary amides is 1. The molecule has 1 atom stereocenters. The third kappa shape index (κ3) is 3.92. The Kier molecular flexibility index (Phi) is 6.01. The lowest BCUT2D eigenvalue weighted by atomic mass is 10.0. The second kappa shape index (κ2) is 8.00. The predicted octanol–water partition coefficient (Wildman–Crippen LogP) is 2.06. The molecule has 0 aliphatic heterocycles. The Morgan fingerprint density at radius 2 is 1.80 bits per heavy atom. The summed E-state index contributed by atoms with van der Waals surface area (Å²) < 4.78 is 2.69. The highest BCUT2D eigenvalue weighted by molar-refractivity contribution is 5.92. The Bertz CT molecular complexity index is 819. The first-order valence-electron chi connectivity index (χ1n) is 8.69. The number of unbranched alkanes of at least 4 members (excludes halogenated alkanes) is 2. The van der Waals surface area contributed by atoms with Crippen molar-refractivity contribution in [3.63, 3.8) is 0 Å². The molecular weight excluding hydrogens is 320 g/mol. The van der Waals surface area contributed by atoms with Crippen LogP contribution < -0.4 is 16.7 Å². The fourth-order valence-electron chi connectivity index (χ4n) is 2.90. The molecule has 25 heavy (non-hydrogen) atoms. The van der Waals surface area contributed by atoms with E-state index in [1.54, 1.807) is 30.5 Å². The number of benzene rings is 1. The van der Waals surface area contributed by atoms with Crippen molar-refractivity contribution in [1.82, 2.24) is 14.5 Å². The van der Waals surface area contributed by atoms with Crippen LogP contribution in [0.25, 0.3) is 11.0 Å². The zero-order chi connectivity index (χ0) is 18.6. The van der Waals surface area contributed by atoms with Gasteiger partial charge in [0, 0.05) is 6.54 Å². The monoisotopic (exact) mass is 346 g/mol. The molecule has 0 fully saturated rings. The van der Waals surface area contributed by atoms with E-state index in [0.717, 1.165) is 23.8 Å². The molecule has 2 amide bonds. The Morgan fingerprint density at radius 3 is 2.36 bits per heavy atom. The molecule has 2 aromatic rings. The number of nitrogens with zero attached hydrogens (tertiary/aromatic N) is 2. The molecular formula is C18H26N4O3. The fraction of sp³-hybridized carbons (Fsp3) is 0.500. The van der Waals surface area contributed by atoms with Crippen molar-refractivity contribution in [2.45, 2.75) is 52.6 Å². The number of nitrogens with one attached hydrogen (secondary N) is 1. The highest BCUT2D eigenvalue weighted by Gasteiger charge is 2.25. The summed E-state index contributed by atoms with van der Waals surface area (Å²) in [5.74, 6) is -0.793. The fourth-order valence-corrected chi connectivity index (χ4v) is 2.90. The Hall–Kier alpha value is -2.57. The van der Waals surface area contributed by atoms with Crippen LogP contribution in [0.5, 0.6) is 0 Å². The second-order valence-corrected chi connectivity index (χ2v) is 6.54. The van der Waals surface area contributed by atoms with Crippen LogP contribution >= 0.6 is 0 Å². The van der Waals surface area contributed by atoms with E-state index in [-0.39, 0.29) is 5.92 Å². The predicted molar refractivity (Wildman–Crippen MR) is 97.5 cm³/mol. The van der Waals surface area contributed by atoms with Gasteiger partial charge in [0.15, 0.2) is 0 Å². The van der Waals surface area contributed by atoms with E-state index < -0.39 is 23.7 Å². The largest absolute Gasteiger partial charge is 0.368 e. The molecule has 1 aromatic heterocycles. The Labute approximate surface area is 146 Å². The van der Waals surface area contributed by atoms with Crippen molar-refractivity contribution in [3.8, 4) is 0 Å². The van der Waals surface area contributed by atoms with E-state index in [1.807, 2.05) is 12.1 Å². The first-order valence-corrected chi connectivity index (χ1v) is 8.69. The number of carbonyl (C=O) groups is 2. The number of fused-ring (bicyclic) bond motifs is 1. The van der Waals surface area contributed by atoms with Gasteiger partial charge in [-0.25, -0.2) is 14.2 Å². The maximum atomic E-state index is 12.8. The van der Waals surface area contributed by atoms with Gasteiger partial charge in [-0.3, -0.25) is 9.36 Å². The molecule has 2 rings (SSSR count). The lowest BCUT2D eigenvalue weighted by molar-refractivity contribution is -0.120. The Balaban J connectivity index is 2.43. The van der Waals surface area contributed by atoms with Gasteiger partial charge in [0.2, 0.25) is 5.91 Å². The number of imidazole rings is 1. The van der Waals surface area contributed by atoms with Crippen LogP contribution in [-0.4, -0.2) is 27.1 Å². The summed E-state index contributed by atoms with van der Waals surface area (Å²) in [6.45, 7) is 6.21. The topological polar surface area (TPSA) is 99.1 Å². The first kappa shape index (κ1) is 18.8. The van der Waals surface area contributed by atoms with Crippen LogP contribution in [0.1, 0.15) is 40.0 Å². The smallest absolute Gasteiger partial charge is 0.337 e. The van der Waals surface area contributed by atoms with Crippen LogP contribution in [0.3, 0.4) is 0 Å². The van der Waals surface area contributed by atoms with Crippen LogP contribution in [0, 0.1) is 5.92 Å². The number of hydrogen-bond acceptors (Lipinski definition) is 3. The van der Waals surface area contributed by atoms with E-state index in [4.69, 9.17) is 5.73 Å². The molecule has 0 spiro atoms. The Morgan fingerprint density at radius 1 is 1.16 bits per heavy atom. The van der Waals surface area contributed by atoms with E-state index in [9.17, 15) is 14.4 Å². The first-order chi connectivity index (χ1) is 11.9. The van der Waals surface area contributed by atoms with Crippen molar-refractivity contribution in [2.75, 3.05) is 0 Å².